The standard InChI is InChI=1S/C15H19Cl2NOS/c1-3-5-9-10-6-11(16)12(17)7-14(10)20-15(9)13(8-18)19-4-2/h6-7,13H,3-5,8,18H2,1-2H3. The molecule has 0 bridgehead atoms. The summed E-state index contributed by atoms with van der Waals surface area (Å²) in [6, 6.07) is 3.90. The van der Waals surface area contributed by atoms with Crippen molar-refractivity contribution in [1.29, 1.82) is 0 Å². The Labute approximate surface area is 133 Å². The van der Waals surface area contributed by atoms with E-state index < -0.39 is 0 Å². The zero-order valence-corrected chi connectivity index (χ0v) is 14.0. The second kappa shape index (κ2) is 7.10. The molecule has 1 unspecified atom stereocenters. The third-order valence-electron chi connectivity index (χ3n) is 3.24. The van der Waals surface area contributed by atoms with Crippen molar-refractivity contribution in [1.82, 2.24) is 0 Å². The molecular formula is C15H19Cl2NOS. The summed E-state index contributed by atoms with van der Waals surface area (Å²) in [4.78, 5) is 1.21. The Morgan fingerprint density at radius 2 is 1.95 bits per heavy atom. The van der Waals surface area contributed by atoms with E-state index >= 15 is 0 Å². The van der Waals surface area contributed by atoms with Crippen molar-refractivity contribution in [2.24, 2.45) is 5.73 Å². The Kier molecular flexibility index (Phi) is 5.70. The zero-order chi connectivity index (χ0) is 14.7. The van der Waals surface area contributed by atoms with Crippen LogP contribution in [0.2, 0.25) is 10.0 Å². The van der Waals surface area contributed by atoms with Gasteiger partial charge in [0.1, 0.15) is 6.10 Å². The van der Waals surface area contributed by atoms with E-state index in [9.17, 15) is 0 Å². The summed E-state index contributed by atoms with van der Waals surface area (Å²) >= 11 is 14.0. The Hall–Kier alpha value is -0.320. The fourth-order valence-electron chi connectivity index (χ4n) is 2.38. The van der Waals surface area contributed by atoms with Gasteiger partial charge in [0.25, 0.3) is 0 Å². The summed E-state index contributed by atoms with van der Waals surface area (Å²) in [5, 5.41) is 2.37. The van der Waals surface area contributed by atoms with Crippen LogP contribution in [0.3, 0.4) is 0 Å². The van der Waals surface area contributed by atoms with Gasteiger partial charge in [-0.2, -0.15) is 0 Å². The van der Waals surface area contributed by atoms with Crippen LogP contribution in [0.15, 0.2) is 12.1 Å². The van der Waals surface area contributed by atoms with Crippen molar-refractivity contribution < 1.29 is 4.74 Å². The van der Waals surface area contributed by atoms with Crippen LogP contribution in [-0.2, 0) is 11.2 Å². The van der Waals surface area contributed by atoms with E-state index in [4.69, 9.17) is 33.7 Å². The topological polar surface area (TPSA) is 35.2 Å². The molecule has 110 valence electrons. The van der Waals surface area contributed by atoms with Crippen LogP contribution in [0.25, 0.3) is 10.1 Å². The Balaban J connectivity index is 2.60. The number of nitrogens with two attached hydrogens (primary N) is 1. The van der Waals surface area contributed by atoms with Gasteiger partial charge in [0.05, 0.1) is 10.0 Å². The third kappa shape index (κ3) is 3.12. The van der Waals surface area contributed by atoms with Crippen LogP contribution in [0.1, 0.15) is 36.8 Å². The van der Waals surface area contributed by atoms with E-state index in [2.05, 4.69) is 6.92 Å². The first kappa shape index (κ1) is 16.1. The number of aryl methyl sites for hydroxylation is 1. The second-order valence-electron chi connectivity index (χ2n) is 4.64. The molecule has 2 aromatic rings. The lowest BCUT2D eigenvalue weighted by Crippen LogP contribution is -2.16. The molecule has 0 aliphatic heterocycles. The molecule has 0 aliphatic carbocycles. The molecule has 0 saturated heterocycles. The van der Waals surface area contributed by atoms with Gasteiger partial charge in [-0.15, -0.1) is 11.3 Å². The highest BCUT2D eigenvalue weighted by atomic mass is 35.5. The largest absolute Gasteiger partial charge is 0.372 e. The second-order valence-corrected chi connectivity index (χ2v) is 6.54. The smallest absolute Gasteiger partial charge is 0.104 e. The molecule has 1 aromatic carbocycles. The van der Waals surface area contributed by atoms with Crippen LogP contribution in [0, 0.1) is 0 Å². The maximum atomic E-state index is 6.16. The van der Waals surface area contributed by atoms with Crippen LogP contribution < -0.4 is 5.73 Å². The highest BCUT2D eigenvalue weighted by Crippen LogP contribution is 2.40. The first-order valence-corrected chi connectivity index (χ1v) is 8.41. The Morgan fingerprint density at radius 1 is 1.25 bits per heavy atom. The number of ether oxygens (including phenoxy) is 1. The van der Waals surface area contributed by atoms with Gasteiger partial charge in [0.15, 0.2) is 0 Å². The number of benzene rings is 1. The lowest BCUT2D eigenvalue weighted by molar-refractivity contribution is 0.0708. The SMILES string of the molecule is CCCc1c(C(CN)OCC)sc2cc(Cl)c(Cl)cc12. The molecule has 0 aliphatic rings. The first-order valence-electron chi connectivity index (χ1n) is 6.84. The maximum absolute atomic E-state index is 6.16. The van der Waals surface area contributed by atoms with E-state index in [0.717, 1.165) is 17.5 Å². The predicted molar refractivity (Wildman–Crippen MR) is 89.3 cm³/mol. The Morgan fingerprint density at radius 3 is 2.55 bits per heavy atom. The lowest BCUT2D eigenvalue weighted by Gasteiger charge is -2.15. The molecule has 0 saturated carbocycles. The molecule has 1 atom stereocenters. The molecule has 1 aromatic heterocycles. The molecule has 2 N–H and O–H groups in total. The van der Waals surface area contributed by atoms with Gasteiger partial charge in [-0.25, -0.2) is 0 Å². The van der Waals surface area contributed by atoms with E-state index in [1.165, 1.54) is 15.8 Å². The molecular weight excluding hydrogens is 313 g/mol. The molecule has 2 rings (SSSR count). The predicted octanol–water partition coefficient (Wildman–Crippen LogP) is 5.20. The normalized spacial score (nSPS) is 13.1. The number of hydrogen-bond acceptors (Lipinski definition) is 3. The average Bonchev–Trinajstić information content (AvgIpc) is 2.75. The molecule has 20 heavy (non-hydrogen) atoms. The van der Waals surface area contributed by atoms with Crippen molar-refractivity contribution in [3.05, 3.63) is 32.6 Å². The lowest BCUT2D eigenvalue weighted by atomic mass is 10.0. The fourth-order valence-corrected chi connectivity index (χ4v) is 4.11. The third-order valence-corrected chi connectivity index (χ3v) is 5.25. The zero-order valence-electron chi connectivity index (χ0n) is 11.7. The van der Waals surface area contributed by atoms with Gasteiger partial charge in [-0.3, -0.25) is 0 Å². The van der Waals surface area contributed by atoms with Gasteiger partial charge in [0.2, 0.25) is 0 Å². The van der Waals surface area contributed by atoms with Crippen molar-refractivity contribution in [2.45, 2.75) is 32.8 Å². The highest BCUT2D eigenvalue weighted by molar-refractivity contribution is 7.19. The van der Waals surface area contributed by atoms with Gasteiger partial charge in [-0.1, -0.05) is 36.5 Å². The summed E-state index contributed by atoms with van der Waals surface area (Å²) in [5.41, 5.74) is 7.17. The van der Waals surface area contributed by atoms with Crippen LogP contribution in [0.5, 0.6) is 0 Å². The van der Waals surface area contributed by atoms with E-state index in [1.54, 1.807) is 11.3 Å². The van der Waals surface area contributed by atoms with Crippen molar-refractivity contribution in [2.75, 3.05) is 13.2 Å². The summed E-state index contributed by atoms with van der Waals surface area (Å²) in [7, 11) is 0. The van der Waals surface area contributed by atoms with Crippen molar-refractivity contribution >= 4 is 44.6 Å². The number of rotatable bonds is 6. The number of fused-ring (bicyclic) bond motifs is 1. The van der Waals surface area contributed by atoms with Gasteiger partial charge in [-0.05, 0) is 36.4 Å². The quantitative estimate of drug-likeness (QED) is 0.789. The molecule has 2 nitrogen and oxygen atoms in total. The minimum Gasteiger partial charge on any atom is -0.372 e. The van der Waals surface area contributed by atoms with Crippen LogP contribution in [0.4, 0.5) is 0 Å². The van der Waals surface area contributed by atoms with Gasteiger partial charge >= 0.3 is 0 Å². The molecule has 1 heterocycles. The van der Waals surface area contributed by atoms with E-state index in [0.29, 0.717) is 23.2 Å². The van der Waals surface area contributed by atoms with E-state index in [1.807, 2.05) is 19.1 Å². The van der Waals surface area contributed by atoms with Crippen molar-refractivity contribution in [3.8, 4) is 0 Å². The fraction of sp³-hybridized carbons (Fsp3) is 0.467. The minimum absolute atomic E-state index is 0.0449. The summed E-state index contributed by atoms with van der Waals surface area (Å²) in [6.07, 6.45) is 2.02. The highest BCUT2D eigenvalue weighted by Gasteiger charge is 2.20. The minimum atomic E-state index is -0.0449. The monoisotopic (exact) mass is 331 g/mol. The van der Waals surface area contributed by atoms with Crippen molar-refractivity contribution in [3.63, 3.8) is 0 Å². The first-order chi connectivity index (χ1) is 9.62. The molecule has 0 radical (unpaired) electrons. The van der Waals surface area contributed by atoms with Gasteiger partial charge in [0, 0.05) is 22.7 Å². The van der Waals surface area contributed by atoms with Crippen LogP contribution >= 0.6 is 34.5 Å². The number of hydrogen-bond donors (Lipinski definition) is 1. The van der Waals surface area contributed by atoms with Gasteiger partial charge < -0.3 is 10.5 Å². The molecule has 0 fully saturated rings. The summed E-state index contributed by atoms with van der Waals surface area (Å²) in [6.45, 7) is 5.30. The Bertz CT molecular complexity index is 597. The number of thiophene rings is 1. The molecule has 0 spiro atoms. The van der Waals surface area contributed by atoms with Crippen LogP contribution in [-0.4, -0.2) is 13.2 Å². The van der Waals surface area contributed by atoms with E-state index in [-0.39, 0.29) is 6.10 Å². The average molecular weight is 332 g/mol. The summed E-state index contributed by atoms with van der Waals surface area (Å²) in [5.74, 6) is 0. The molecule has 0 amide bonds. The summed E-state index contributed by atoms with van der Waals surface area (Å²) < 4.78 is 6.92. The molecule has 5 heteroatoms. The maximum Gasteiger partial charge on any atom is 0.104 e. The number of halogens is 2.